The molecule has 0 radical (unpaired) electrons. The van der Waals surface area contributed by atoms with Gasteiger partial charge in [-0.15, -0.1) is 4.99 Å². The maximum Gasteiger partial charge on any atom is 0.327 e. The van der Waals surface area contributed by atoms with Crippen molar-refractivity contribution in [2.75, 3.05) is 28.4 Å². The number of hydrogen-bond donors (Lipinski definition) is 2. The zero-order chi connectivity index (χ0) is 34.9. The molecular weight excluding hydrogens is 745 g/mol. The summed E-state index contributed by atoms with van der Waals surface area (Å²) in [6.07, 6.45) is 9.15. The molecule has 0 atom stereocenters. The number of nitrogens with one attached hydrogen (secondary N) is 1. The number of aromatic nitrogens is 1. The van der Waals surface area contributed by atoms with Crippen molar-refractivity contribution in [2.24, 2.45) is 5.41 Å². The third kappa shape index (κ3) is 9.64. The molecule has 0 spiro atoms. The molecule has 0 fully saturated rings. The van der Waals surface area contributed by atoms with Crippen LogP contribution in [0.1, 0.15) is 57.4 Å². The molecule has 2 N–H and O–H groups in total. The van der Waals surface area contributed by atoms with Gasteiger partial charge in [-0.05, 0) is 83.5 Å². The Morgan fingerprint density at radius 3 is 2.42 bits per heavy atom. The smallest absolute Gasteiger partial charge is 0.327 e. The van der Waals surface area contributed by atoms with Crippen LogP contribution in [0, 0.1) is 15.5 Å². The minimum Gasteiger partial charge on any atom is -0.748 e. The molecule has 3 aromatic heterocycles. The van der Waals surface area contributed by atoms with Crippen LogP contribution in [0.15, 0.2) is 45.4 Å². The van der Waals surface area contributed by atoms with E-state index in [2.05, 4.69) is 47.1 Å². The summed E-state index contributed by atoms with van der Waals surface area (Å²) in [7, 11) is -8.65. The standard InChI is InChI=1S/C28H34N4O10S6/c1-28(2)16-18(12-23-30(7-3-5-9-47(36,37)38)26-20(43-23)14-22(45-26)29-42-35)11-19(17-28)13-24-31(8-4-6-10-48(39,40)41)27-21(44-24)15-25(46-27)32(33)34/h11-15,29H,3-10,16-17H2,1-2H3,(H2-,35,36,37,38,39,40,41)/p-1. The number of aryl methyl sites for hydroxylation is 1. The van der Waals surface area contributed by atoms with E-state index in [1.54, 1.807) is 6.07 Å². The van der Waals surface area contributed by atoms with Gasteiger partial charge in [-0.1, -0.05) is 43.0 Å². The average molecular weight is 778 g/mol. The van der Waals surface area contributed by atoms with Gasteiger partial charge in [0, 0.05) is 36.6 Å². The molecule has 5 rings (SSSR count). The van der Waals surface area contributed by atoms with Gasteiger partial charge in [-0.2, -0.15) is 4.57 Å². The molecule has 3 aromatic rings. The lowest BCUT2D eigenvalue weighted by molar-refractivity contribution is -0.667. The summed E-state index contributed by atoms with van der Waals surface area (Å²) in [5.41, 5.74) is 4.44. The minimum absolute atomic E-state index is 0.0209. The molecule has 0 bridgehead atoms. The number of hydrogen-bond acceptors (Lipinski definition) is 16. The number of thiophene rings is 2. The number of nitro groups is 1. The monoisotopic (exact) mass is 777 g/mol. The first-order valence-electron chi connectivity index (χ1n) is 14.8. The molecule has 14 nitrogen and oxygen atoms in total. The molecule has 4 heterocycles. The third-order valence-electron chi connectivity index (χ3n) is 7.53. The fourth-order valence-electron chi connectivity index (χ4n) is 5.71. The maximum atomic E-state index is 11.5. The van der Waals surface area contributed by atoms with E-state index in [-0.39, 0.29) is 23.3 Å². The van der Waals surface area contributed by atoms with Gasteiger partial charge in [-0.3, -0.25) is 10.1 Å². The van der Waals surface area contributed by atoms with E-state index < -0.39 is 36.7 Å². The lowest BCUT2D eigenvalue weighted by atomic mass is 9.75. The molecule has 0 unspecified atom stereocenters. The lowest BCUT2D eigenvalue weighted by Crippen LogP contribution is -2.34. The van der Waals surface area contributed by atoms with Gasteiger partial charge in [0.05, 0.1) is 35.1 Å². The van der Waals surface area contributed by atoms with Crippen LogP contribution in [0.25, 0.3) is 15.6 Å². The molecule has 262 valence electrons. The van der Waals surface area contributed by atoms with Crippen molar-refractivity contribution >= 4 is 96.6 Å². The van der Waals surface area contributed by atoms with Gasteiger partial charge in [0.2, 0.25) is 0 Å². The molecule has 0 saturated carbocycles. The Bertz CT molecular complexity index is 2010. The van der Waals surface area contributed by atoms with Gasteiger partial charge in [0.25, 0.3) is 9.84 Å². The molecule has 0 amide bonds. The molecule has 2 aliphatic rings. The first-order valence-corrected chi connectivity index (χ1v) is 21.2. The van der Waals surface area contributed by atoms with Crippen LogP contribution < -0.4 is 14.9 Å². The van der Waals surface area contributed by atoms with E-state index in [4.69, 9.17) is 5.26 Å². The predicted octanol–water partition coefficient (Wildman–Crippen LogP) is 6.27. The van der Waals surface area contributed by atoms with Crippen molar-refractivity contribution in [1.29, 1.82) is 0 Å². The quantitative estimate of drug-likeness (QED) is 0.0436. The second-order valence-corrected chi connectivity index (χ2v) is 19.4. The van der Waals surface area contributed by atoms with Crippen LogP contribution in [0.4, 0.5) is 15.0 Å². The zero-order valence-electron chi connectivity index (χ0n) is 25.9. The number of nitrogens with zero attached hydrogens (tertiary/aromatic N) is 3. The summed E-state index contributed by atoms with van der Waals surface area (Å²) in [4.78, 5) is 18.7. The summed E-state index contributed by atoms with van der Waals surface area (Å²) in [6.45, 7) is 5.22. The molecule has 1 aliphatic heterocycles. The van der Waals surface area contributed by atoms with Crippen LogP contribution in [-0.4, -0.2) is 54.2 Å². The van der Waals surface area contributed by atoms with Crippen molar-refractivity contribution in [3.63, 3.8) is 0 Å². The van der Waals surface area contributed by atoms with Gasteiger partial charge in [0.1, 0.15) is 14.7 Å². The number of fused-ring (bicyclic) bond motifs is 2. The van der Waals surface area contributed by atoms with Crippen LogP contribution >= 0.6 is 45.8 Å². The SMILES string of the molecule is CC1(C)CC(/C=C2\Sc3cc([N+](=O)[O-])sc3N2CCCCS(=O)(=O)[O-])=CC(=C/c2sc3cc(NOO)sc3[n+]2CCCCS(=O)(=O)[O-])/C1. The van der Waals surface area contributed by atoms with Crippen LogP contribution in [-0.2, 0) is 31.8 Å². The molecular formula is C28H33N4O10S6-. The number of thiazole rings is 1. The van der Waals surface area contributed by atoms with E-state index in [9.17, 15) is 36.1 Å². The van der Waals surface area contributed by atoms with E-state index in [1.807, 2.05) is 11.0 Å². The molecule has 0 saturated heterocycles. The number of thioether (sulfide) groups is 1. The first-order chi connectivity index (χ1) is 22.5. The molecule has 48 heavy (non-hydrogen) atoms. The fourth-order valence-corrected chi connectivity index (χ4v) is 11.6. The van der Waals surface area contributed by atoms with Gasteiger partial charge in [0.15, 0.2) is 6.54 Å². The summed E-state index contributed by atoms with van der Waals surface area (Å²) in [5, 5.41) is 23.4. The zero-order valence-corrected chi connectivity index (χ0v) is 30.8. The Morgan fingerprint density at radius 2 is 1.75 bits per heavy atom. The highest BCUT2D eigenvalue weighted by atomic mass is 32.2. The Morgan fingerprint density at radius 1 is 1.04 bits per heavy atom. The summed E-state index contributed by atoms with van der Waals surface area (Å²) < 4.78 is 69.9. The first kappa shape index (κ1) is 36.9. The van der Waals surface area contributed by atoms with Crippen molar-refractivity contribution in [2.45, 2.75) is 63.8 Å². The topological polar surface area (TPSA) is 206 Å². The third-order valence-corrected chi connectivity index (χ3v) is 13.7. The van der Waals surface area contributed by atoms with Crippen LogP contribution in [0.5, 0.6) is 0 Å². The largest absolute Gasteiger partial charge is 0.748 e. The van der Waals surface area contributed by atoms with Gasteiger partial charge >= 0.3 is 5.00 Å². The Balaban J connectivity index is 1.46. The Kier molecular flexibility index (Phi) is 11.4. The summed E-state index contributed by atoms with van der Waals surface area (Å²) in [5.74, 6) is -0.905. The fraction of sp³-hybridized carbons (Fsp3) is 0.464. The Labute approximate surface area is 294 Å². The second-order valence-electron chi connectivity index (χ2n) is 12.2. The van der Waals surface area contributed by atoms with Crippen molar-refractivity contribution in [3.05, 3.63) is 55.6 Å². The lowest BCUT2D eigenvalue weighted by Gasteiger charge is -2.31. The molecule has 0 aromatic carbocycles. The summed E-state index contributed by atoms with van der Waals surface area (Å²) in [6, 6.07) is 3.39. The number of rotatable bonds is 15. The number of anilines is 2. The number of allylic oxidation sites excluding steroid dienone is 4. The average Bonchev–Trinajstić information content (AvgIpc) is 3.68. The van der Waals surface area contributed by atoms with Crippen LogP contribution in [0.2, 0.25) is 0 Å². The van der Waals surface area contributed by atoms with Crippen molar-refractivity contribution < 1.29 is 45.7 Å². The Hall–Kier alpha value is -2.40. The van der Waals surface area contributed by atoms with E-state index >= 15 is 0 Å². The van der Waals surface area contributed by atoms with Crippen LogP contribution in [0.3, 0.4) is 0 Å². The predicted molar refractivity (Wildman–Crippen MR) is 186 cm³/mol. The molecule has 1 aliphatic carbocycles. The highest BCUT2D eigenvalue weighted by Crippen LogP contribution is 2.53. The van der Waals surface area contributed by atoms with Gasteiger partial charge < -0.3 is 14.0 Å². The van der Waals surface area contributed by atoms with Crippen molar-refractivity contribution in [3.8, 4) is 0 Å². The molecule has 20 heteroatoms. The highest BCUT2D eigenvalue weighted by Gasteiger charge is 2.33. The normalized spacial score (nSPS) is 18.2. The van der Waals surface area contributed by atoms with E-state index in [0.29, 0.717) is 30.9 Å². The van der Waals surface area contributed by atoms with E-state index in [0.717, 1.165) is 64.8 Å². The maximum absolute atomic E-state index is 11.5. The van der Waals surface area contributed by atoms with E-state index in [1.165, 1.54) is 34.4 Å². The number of unbranched alkanes of at least 4 members (excludes halogenated alkanes) is 2. The second kappa shape index (κ2) is 14.8. The highest BCUT2D eigenvalue weighted by molar-refractivity contribution is 8.04. The van der Waals surface area contributed by atoms with Crippen molar-refractivity contribution in [1.82, 2.24) is 0 Å². The van der Waals surface area contributed by atoms with Gasteiger partial charge in [-0.25, -0.2) is 27.6 Å². The minimum atomic E-state index is -4.34. The summed E-state index contributed by atoms with van der Waals surface area (Å²) >= 11 is 5.39.